The second-order valence-electron chi connectivity index (χ2n) is 5.14. The normalized spacial score (nSPS) is 11.8. The van der Waals surface area contributed by atoms with Crippen LogP contribution < -0.4 is 15.4 Å². The van der Waals surface area contributed by atoms with Gasteiger partial charge in [-0.3, -0.25) is 4.68 Å². The molecule has 2 rings (SSSR count). The monoisotopic (exact) mass is 320 g/mol. The van der Waals surface area contributed by atoms with Crippen LogP contribution in [0.5, 0.6) is 5.75 Å². The minimum atomic E-state index is -0.446. The fraction of sp³-hybridized carbons (Fsp3) is 0.375. The molecule has 1 aromatic heterocycles. The summed E-state index contributed by atoms with van der Waals surface area (Å²) in [7, 11) is 1.41. The number of aromatic nitrogens is 2. The summed E-state index contributed by atoms with van der Waals surface area (Å²) in [6.07, 6.45) is 4.37. The molecule has 124 valence electrons. The van der Waals surface area contributed by atoms with E-state index in [0.29, 0.717) is 12.1 Å². The lowest BCUT2D eigenvalue weighted by molar-refractivity contribution is 0.237. The summed E-state index contributed by atoms with van der Waals surface area (Å²) >= 11 is 0. The van der Waals surface area contributed by atoms with Crippen LogP contribution in [0.25, 0.3) is 0 Å². The molecule has 6 nitrogen and oxygen atoms in total. The molecule has 2 amide bonds. The number of ether oxygens (including phenoxy) is 1. The predicted octanol–water partition coefficient (Wildman–Crippen LogP) is 2.48. The Hall–Kier alpha value is -2.57. The van der Waals surface area contributed by atoms with Crippen molar-refractivity contribution in [1.29, 1.82) is 0 Å². The molecule has 2 aromatic rings. The van der Waals surface area contributed by atoms with Crippen molar-refractivity contribution in [2.75, 3.05) is 13.7 Å². The maximum atomic E-state index is 13.7. The van der Waals surface area contributed by atoms with Gasteiger partial charge in [-0.25, -0.2) is 9.18 Å². The van der Waals surface area contributed by atoms with Crippen molar-refractivity contribution >= 4 is 6.03 Å². The van der Waals surface area contributed by atoms with Crippen LogP contribution in [-0.4, -0.2) is 29.5 Å². The van der Waals surface area contributed by atoms with E-state index in [1.807, 2.05) is 16.9 Å². The van der Waals surface area contributed by atoms with Gasteiger partial charge in [0.15, 0.2) is 11.6 Å². The summed E-state index contributed by atoms with van der Waals surface area (Å²) in [5, 5.41) is 9.63. The predicted molar refractivity (Wildman–Crippen MR) is 84.7 cm³/mol. The number of nitrogens with zero attached hydrogens (tertiary/aromatic N) is 2. The number of carbonyl (C=O) groups is 1. The first-order valence-corrected chi connectivity index (χ1v) is 7.45. The highest BCUT2D eigenvalue weighted by molar-refractivity contribution is 5.74. The van der Waals surface area contributed by atoms with Gasteiger partial charge in [0.25, 0.3) is 0 Å². The number of urea groups is 1. The maximum Gasteiger partial charge on any atom is 0.315 e. The lowest BCUT2D eigenvalue weighted by Crippen LogP contribution is -2.37. The quantitative estimate of drug-likeness (QED) is 0.770. The molecule has 1 aromatic carbocycles. The zero-order chi connectivity index (χ0) is 16.7. The SMILES string of the molecule is COc1ccc(C(C)NC(=O)NCCCn2cccn2)cc1F. The highest BCUT2D eigenvalue weighted by Crippen LogP contribution is 2.21. The van der Waals surface area contributed by atoms with Gasteiger partial charge in [-0.1, -0.05) is 6.07 Å². The van der Waals surface area contributed by atoms with E-state index in [4.69, 9.17) is 4.74 Å². The molecule has 0 spiro atoms. The molecule has 1 unspecified atom stereocenters. The van der Waals surface area contributed by atoms with Gasteiger partial charge in [0, 0.05) is 25.5 Å². The fourth-order valence-electron chi connectivity index (χ4n) is 2.16. The molecular weight excluding hydrogens is 299 g/mol. The van der Waals surface area contributed by atoms with Crippen molar-refractivity contribution in [2.24, 2.45) is 0 Å². The topological polar surface area (TPSA) is 68.2 Å². The van der Waals surface area contributed by atoms with Gasteiger partial charge in [0.1, 0.15) is 0 Å². The van der Waals surface area contributed by atoms with E-state index >= 15 is 0 Å². The van der Waals surface area contributed by atoms with Crippen LogP contribution in [0.1, 0.15) is 24.9 Å². The Balaban J connectivity index is 1.74. The van der Waals surface area contributed by atoms with Crippen molar-refractivity contribution in [1.82, 2.24) is 20.4 Å². The van der Waals surface area contributed by atoms with Gasteiger partial charge in [-0.2, -0.15) is 5.10 Å². The summed E-state index contributed by atoms with van der Waals surface area (Å²) in [6, 6.07) is 5.91. The molecule has 23 heavy (non-hydrogen) atoms. The summed E-state index contributed by atoms with van der Waals surface area (Å²) in [4.78, 5) is 11.8. The first kappa shape index (κ1) is 16.8. The summed E-state index contributed by atoms with van der Waals surface area (Å²) < 4.78 is 20.4. The average molecular weight is 320 g/mol. The number of rotatable bonds is 7. The average Bonchev–Trinajstić information content (AvgIpc) is 3.04. The van der Waals surface area contributed by atoms with Crippen LogP contribution in [0.4, 0.5) is 9.18 Å². The van der Waals surface area contributed by atoms with Gasteiger partial charge in [0.05, 0.1) is 13.2 Å². The number of hydrogen-bond acceptors (Lipinski definition) is 3. The molecule has 0 fully saturated rings. The number of methoxy groups -OCH3 is 1. The van der Waals surface area contributed by atoms with Gasteiger partial charge >= 0.3 is 6.03 Å². The lowest BCUT2D eigenvalue weighted by atomic mass is 10.1. The Bertz CT molecular complexity index is 631. The Morgan fingerprint density at radius 3 is 2.96 bits per heavy atom. The number of aryl methyl sites for hydroxylation is 1. The van der Waals surface area contributed by atoms with Gasteiger partial charge in [-0.05, 0) is 37.1 Å². The van der Waals surface area contributed by atoms with Crippen LogP contribution in [0.2, 0.25) is 0 Å². The molecular formula is C16H21FN4O2. The Labute approximate surface area is 134 Å². The highest BCUT2D eigenvalue weighted by Gasteiger charge is 2.11. The van der Waals surface area contributed by atoms with Crippen molar-refractivity contribution in [3.63, 3.8) is 0 Å². The van der Waals surface area contributed by atoms with E-state index in [-0.39, 0.29) is 17.8 Å². The summed E-state index contributed by atoms with van der Waals surface area (Å²) in [5.41, 5.74) is 0.676. The van der Waals surface area contributed by atoms with Gasteiger partial charge < -0.3 is 15.4 Å². The van der Waals surface area contributed by atoms with Gasteiger partial charge in [0.2, 0.25) is 0 Å². The second kappa shape index (κ2) is 8.17. The van der Waals surface area contributed by atoms with Crippen molar-refractivity contribution < 1.29 is 13.9 Å². The molecule has 0 aliphatic rings. The first-order valence-electron chi connectivity index (χ1n) is 7.45. The molecule has 0 aliphatic heterocycles. The molecule has 0 radical (unpaired) electrons. The summed E-state index contributed by atoms with van der Waals surface area (Å²) in [5.74, 6) is -0.262. The van der Waals surface area contributed by atoms with E-state index in [2.05, 4.69) is 15.7 Å². The number of carbonyl (C=O) groups excluding carboxylic acids is 1. The lowest BCUT2D eigenvalue weighted by Gasteiger charge is -2.16. The Kier molecular flexibility index (Phi) is 5.96. The smallest absolute Gasteiger partial charge is 0.315 e. The largest absolute Gasteiger partial charge is 0.494 e. The van der Waals surface area contributed by atoms with Crippen LogP contribution >= 0.6 is 0 Å². The molecule has 0 saturated carbocycles. The molecule has 2 N–H and O–H groups in total. The number of hydrogen-bond donors (Lipinski definition) is 2. The fourth-order valence-corrected chi connectivity index (χ4v) is 2.16. The zero-order valence-corrected chi connectivity index (χ0v) is 13.3. The van der Waals surface area contributed by atoms with Crippen molar-refractivity contribution in [3.05, 3.63) is 48.0 Å². The van der Waals surface area contributed by atoms with Crippen LogP contribution in [-0.2, 0) is 6.54 Å². The summed E-state index contributed by atoms with van der Waals surface area (Å²) in [6.45, 7) is 3.08. The molecule has 1 heterocycles. The minimum absolute atomic E-state index is 0.184. The standard InChI is InChI=1S/C16H21FN4O2/c1-12(13-5-6-15(23-2)14(17)11-13)20-16(22)18-7-3-9-21-10-4-8-19-21/h4-6,8,10-12H,3,7,9H2,1-2H3,(H2,18,20,22). The third-order valence-electron chi connectivity index (χ3n) is 3.43. The van der Waals surface area contributed by atoms with Gasteiger partial charge in [-0.15, -0.1) is 0 Å². The van der Waals surface area contributed by atoms with E-state index in [9.17, 15) is 9.18 Å². The number of benzene rings is 1. The van der Waals surface area contributed by atoms with Crippen LogP contribution in [0.3, 0.4) is 0 Å². The van der Waals surface area contributed by atoms with E-state index in [1.165, 1.54) is 13.2 Å². The Morgan fingerprint density at radius 2 is 2.30 bits per heavy atom. The third-order valence-corrected chi connectivity index (χ3v) is 3.43. The first-order chi connectivity index (χ1) is 11.1. The number of nitrogens with one attached hydrogen (secondary N) is 2. The van der Waals surface area contributed by atoms with E-state index in [0.717, 1.165) is 13.0 Å². The highest BCUT2D eigenvalue weighted by atomic mass is 19.1. The Morgan fingerprint density at radius 1 is 1.48 bits per heavy atom. The second-order valence-corrected chi connectivity index (χ2v) is 5.14. The molecule has 1 atom stereocenters. The molecule has 0 saturated heterocycles. The molecule has 7 heteroatoms. The minimum Gasteiger partial charge on any atom is -0.494 e. The van der Waals surface area contributed by atoms with Crippen LogP contribution in [0.15, 0.2) is 36.7 Å². The van der Waals surface area contributed by atoms with Crippen molar-refractivity contribution in [2.45, 2.75) is 25.9 Å². The number of halogens is 1. The van der Waals surface area contributed by atoms with Crippen LogP contribution in [0, 0.1) is 5.82 Å². The third kappa shape index (κ3) is 4.98. The number of amides is 2. The molecule has 0 aliphatic carbocycles. The van der Waals surface area contributed by atoms with Crippen molar-refractivity contribution in [3.8, 4) is 5.75 Å². The zero-order valence-electron chi connectivity index (χ0n) is 13.3. The molecule has 0 bridgehead atoms. The van der Waals surface area contributed by atoms with E-state index in [1.54, 1.807) is 25.3 Å². The van der Waals surface area contributed by atoms with E-state index < -0.39 is 5.82 Å². The maximum absolute atomic E-state index is 13.7.